The van der Waals surface area contributed by atoms with Gasteiger partial charge >= 0.3 is 0 Å². The van der Waals surface area contributed by atoms with E-state index in [-0.39, 0.29) is 11.7 Å². The zero-order valence-corrected chi connectivity index (χ0v) is 18.3. The molecule has 3 aromatic rings. The van der Waals surface area contributed by atoms with Gasteiger partial charge in [-0.1, -0.05) is 63.6 Å². The van der Waals surface area contributed by atoms with Crippen molar-refractivity contribution in [3.8, 4) is 11.4 Å². The topological polar surface area (TPSA) is 59.8 Å². The summed E-state index contributed by atoms with van der Waals surface area (Å²) in [4.78, 5) is 12.3. The molecule has 0 aliphatic rings. The van der Waals surface area contributed by atoms with Crippen molar-refractivity contribution in [2.45, 2.75) is 18.6 Å². The molecule has 8 heteroatoms. The van der Waals surface area contributed by atoms with E-state index in [1.165, 1.54) is 11.8 Å². The molecule has 5 nitrogen and oxygen atoms in total. The molecule has 1 N–H and O–H groups in total. The first-order valence-corrected chi connectivity index (χ1v) is 10.6. The number of benzene rings is 2. The van der Waals surface area contributed by atoms with Gasteiger partial charge in [-0.3, -0.25) is 9.36 Å². The SMILES string of the molecule is C=CCn1c(SCC(=O)Nc2ccc(C)c(Cl)c2)nnc1-c1ccc(Br)cc1. The lowest BCUT2D eigenvalue weighted by molar-refractivity contribution is -0.113. The lowest BCUT2D eigenvalue weighted by Gasteiger charge is -2.09. The Kier molecular flexibility index (Phi) is 6.93. The van der Waals surface area contributed by atoms with E-state index < -0.39 is 0 Å². The van der Waals surface area contributed by atoms with E-state index in [4.69, 9.17) is 11.6 Å². The predicted octanol–water partition coefficient (Wildman–Crippen LogP) is 5.59. The van der Waals surface area contributed by atoms with Crippen LogP contribution in [-0.2, 0) is 11.3 Å². The second-order valence-corrected chi connectivity index (χ2v) is 8.28. The summed E-state index contributed by atoms with van der Waals surface area (Å²) in [5.74, 6) is 0.810. The van der Waals surface area contributed by atoms with Crippen LogP contribution in [-0.4, -0.2) is 26.4 Å². The summed E-state index contributed by atoms with van der Waals surface area (Å²) in [6.45, 7) is 6.27. The second-order valence-electron chi connectivity index (χ2n) is 6.01. The van der Waals surface area contributed by atoms with E-state index in [2.05, 4.69) is 38.0 Å². The van der Waals surface area contributed by atoms with Crippen LogP contribution in [0.1, 0.15) is 5.56 Å². The van der Waals surface area contributed by atoms with E-state index >= 15 is 0 Å². The van der Waals surface area contributed by atoms with Crippen LogP contribution in [0.15, 0.2) is 64.7 Å². The highest BCUT2D eigenvalue weighted by atomic mass is 79.9. The number of nitrogens with one attached hydrogen (secondary N) is 1. The van der Waals surface area contributed by atoms with Crippen molar-refractivity contribution < 1.29 is 4.79 Å². The number of anilines is 1. The molecule has 3 rings (SSSR count). The number of carbonyl (C=O) groups is 1. The maximum absolute atomic E-state index is 12.3. The van der Waals surface area contributed by atoms with Crippen molar-refractivity contribution in [1.29, 1.82) is 0 Å². The molecule has 0 aliphatic heterocycles. The highest BCUT2D eigenvalue weighted by Crippen LogP contribution is 2.26. The average molecular weight is 478 g/mol. The van der Waals surface area contributed by atoms with E-state index in [9.17, 15) is 4.79 Å². The number of allylic oxidation sites excluding steroid dienone is 1. The third-order valence-corrected chi connectivity index (χ3v) is 5.82. The number of carbonyl (C=O) groups excluding carboxylic acids is 1. The molecule has 0 unspecified atom stereocenters. The lowest BCUT2D eigenvalue weighted by Crippen LogP contribution is -2.14. The highest BCUT2D eigenvalue weighted by molar-refractivity contribution is 9.10. The zero-order valence-electron chi connectivity index (χ0n) is 15.2. The number of hydrogen-bond acceptors (Lipinski definition) is 4. The van der Waals surface area contributed by atoms with Gasteiger partial charge in [0.2, 0.25) is 5.91 Å². The van der Waals surface area contributed by atoms with E-state index in [1.54, 1.807) is 12.1 Å². The van der Waals surface area contributed by atoms with Crippen molar-refractivity contribution in [2.24, 2.45) is 0 Å². The zero-order chi connectivity index (χ0) is 20.1. The molecule has 0 radical (unpaired) electrons. The van der Waals surface area contributed by atoms with Gasteiger partial charge in [0, 0.05) is 27.3 Å². The average Bonchev–Trinajstić information content (AvgIpc) is 3.07. The molecule has 1 amide bonds. The first-order chi connectivity index (χ1) is 13.5. The van der Waals surface area contributed by atoms with Crippen molar-refractivity contribution in [1.82, 2.24) is 14.8 Å². The summed E-state index contributed by atoms with van der Waals surface area (Å²) in [5.41, 5.74) is 2.58. The van der Waals surface area contributed by atoms with Crippen LogP contribution in [0.2, 0.25) is 5.02 Å². The van der Waals surface area contributed by atoms with Gasteiger partial charge < -0.3 is 5.32 Å². The van der Waals surface area contributed by atoms with Crippen molar-refractivity contribution in [3.63, 3.8) is 0 Å². The molecule has 0 saturated heterocycles. The minimum Gasteiger partial charge on any atom is -0.325 e. The molecule has 0 fully saturated rings. The highest BCUT2D eigenvalue weighted by Gasteiger charge is 2.15. The summed E-state index contributed by atoms with van der Waals surface area (Å²) in [6.07, 6.45) is 1.78. The minimum absolute atomic E-state index is 0.136. The largest absolute Gasteiger partial charge is 0.325 e. The monoisotopic (exact) mass is 476 g/mol. The maximum atomic E-state index is 12.3. The summed E-state index contributed by atoms with van der Waals surface area (Å²) < 4.78 is 2.94. The van der Waals surface area contributed by atoms with E-state index in [0.717, 1.165) is 21.4 Å². The Hall–Kier alpha value is -2.09. The van der Waals surface area contributed by atoms with Crippen LogP contribution in [0, 0.1) is 6.92 Å². The van der Waals surface area contributed by atoms with Crippen molar-refractivity contribution in [2.75, 3.05) is 11.1 Å². The van der Waals surface area contributed by atoms with E-state index in [0.29, 0.717) is 22.4 Å². The van der Waals surface area contributed by atoms with Gasteiger partial charge in [0.05, 0.1) is 5.75 Å². The number of amides is 1. The van der Waals surface area contributed by atoms with Gasteiger partial charge in [-0.05, 0) is 36.8 Å². The standard InChI is InChI=1S/C20H18BrClN4OS/c1-3-10-26-19(14-5-7-15(21)8-6-14)24-25-20(26)28-12-18(27)23-16-9-4-13(2)17(22)11-16/h3-9,11H,1,10,12H2,2H3,(H,23,27). The van der Waals surface area contributed by atoms with Gasteiger partial charge in [-0.25, -0.2) is 0 Å². The van der Waals surface area contributed by atoms with Gasteiger partial charge in [0.1, 0.15) is 0 Å². The third-order valence-electron chi connectivity index (χ3n) is 3.92. The summed E-state index contributed by atoms with van der Waals surface area (Å²) in [5, 5.41) is 12.7. The molecule has 28 heavy (non-hydrogen) atoms. The molecule has 0 bridgehead atoms. The smallest absolute Gasteiger partial charge is 0.234 e. The molecule has 2 aromatic carbocycles. The van der Waals surface area contributed by atoms with Gasteiger partial charge in [-0.2, -0.15) is 0 Å². The lowest BCUT2D eigenvalue weighted by atomic mass is 10.2. The fraction of sp³-hybridized carbons (Fsp3) is 0.150. The van der Waals surface area contributed by atoms with Gasteiger partial charge in [-0.15, -0.1) is 16.8 Å². The van der Waals surface area contributed by atoms with Crippen molar-refractivity contribution >= 4 is 50.9 Å². The van der Waals surface area contributed by atoms with Gasteiger partial charge in [0.25, 0.3) is 0 Å². The Bertz CT molecular complexity index is 1000. The maximum Gasteiger partial charge on any atom is 0.234 e. The van der Waals surface area contributed by atoms with Gasteiger partial charge in [0.15, 0.2) is 11.0 Å². The molecule has 0 spiro atoms. The number of halogens is 2. The van der Waals surface area contributed by atoms with Crippen LogP contribution >= 0.6 is 39.3 Å². The van der Waals surface area contributed by atoms with E-state index in [1.807, 2.05) is 47.9 Å². The summed E-state index contributed by atoms with van der Waals surface area (Å²) in [6, 6.07) is 13.3. The molecule has 0 saturated carbocycles. The minimum atomic E-state index is -0.136. The normalized spacial score (nSPS) is 10.7. The Balaban J connectivity index is 1.71. The molecule has 1 heterocycles. The number of aromatic nitrogens is 3. The Morgan fingerprint density at radius 2 is 2.04 bits per heavy atom. The predicted molar refractivity (Wildman–Crippen MR) is 119 cm³/mol. The van der Waals surface area contributed by atoms with Crippen LogP contribution in [0.3, 0.4) is 0 Å². The van der Waals surface area contributed by atoms with Crippen LogP contribution in [0.25, 0.3) is 11.4 Å². The fourth-order valence-electron chi connectivity index (χ4n) is 2.50. The number of nitrogens with zero attached hydrogens (tertiary/aromatic N) is 3. The molecular weight excluding hydrogens is 460 g/mol. The van der Waals surface area contributed by atoms with Crippen LogP contribution in [0.4, 0.5) is 5.69 Å². The first kappa shape index (κ1) is 20.6. The van der Waals surface area contributed by atoms with Crippen molar-refractivity contribution in [3.05, 3.63) is 70.2 Å². The number of hydrogen-bond donors (Lipinski definition) is 1. The number of thioether (sulfide) groups is 1. The molecule has 0 atom stereocenters. The second kappa shape index (κ2) is 9.41. The Labute approximate surface area is 181 Å². The summed E-state index contributed by atoms with van der Waals surface area (Å²) in [7, 11) is 0. The molecule has 144 valence electrons. The van der Waals surface area contributed by atoms with Crippen LogP contribution < -0.4 is 5.32 Å². The van der Waals surface area contributed by atoms with Crippen LogP contribution in [0.5, 0.6) is 0 Å². The molecule has 0 aliphatic carbocycles. The quantitative estimate of drug-likeness (QED) is 0.356. The fourth-order valence-corrected chi connectivity index (χ4v) is 3.69. The number of aryl methyl sites for hydroxylation is 1. The Morgan fingerprint density at radius 1 is 1.29 bits per heavy atom. The third kappa shape index (κ3) is 5.04. The summed E-state index contributed by atoms with van der Waals surface area (Å²) >= 11 is 10.9. The first-order valence-electron chi connectivity index (χ1n) is 8.46. The Morgan fingerprint density at radius 3 is 2.71 bits per heavy atom. The molecule has 1 aromatic heterocycles. The number of rotatable bonds is 7. The molecular formula is C20H18BrClN4OS.